The van der Waals surface area contributed by atoms with Crippen molar-refractivity contribution in [2.24, 2.45) is 0 Å². The van der Waals surface area contributed by atoms with E-state index in [4.69, 9.17) is 9.47 Å². The average molecular weight is 241 g/mol. The predicted molar refractivity (Wildman–Crippen MR) is 66.6 cm³/mol. The van der Waals surface area contributed by atoms with Crippen LogP contribution >= 0.6 is 0 Å². The van der Waals surface area contributed by atoms with Crippen molar-refractivity contribution < 1.29 is 9.47 Å². The van der Waals surface area contributed by atoms with Crippen LogP contribution in [-0.2, 0) is 22.6 Å². The predicted octanol–water partition coefficient (Wildman–Crippen LogP) is 1.39. The van der Waals surface area contributed by atoms with Crippen LogP contribution < -0.4 is 5.32 Å². The van der Waals surface area contributed by atoms with Gasteiger partial charge in [0, 0.05) is 39.0 Å². The Hall–Kier alpha value is -0.910. The zero-order chi connectivity index (χ0) is 12.5. The van der Waals surface area contributed by atoms with Crippen molar-refractivity contribution in [3.8, 4) is 0 Å². The zero-order valence-electron chi connectivity index (χ0n) is 11.0. The normalized spacial score (nSPS) is 11.3. The minimum atomic E-state index is -0.164. The Morgan fingerprint density at radius 3 is 2.59 bits per heavy atom. The number of hydrogen-bond donors (Lipinski definition) is 1. The molecule has 0 fully saturated rings. The molecule has 0 aliphatic rings. The first-order valence-corrected chi connectivity index (χ1v) is 6.24. The lowest BCUT2D eigenvalue weighted by Crippen LogP contribution is -2.31. The third-order valence-electron chi connectivity index (χ3n) is 2.46. The van der Waals surface area contributed by atoms with Crippen molar-refractivity contribution in [2.75, 3.05) is 19.8 Å². The third-order valence-corrected chi connectivity index (χ3v) is 2.46. The molecule has 1 aromatic heterocycles. The molecule has 1 heterocycles. The van der Waals surface area contributed by atoms with Crippen LogP contribution in [0.25, 0.3) is 0 Å². The third kappa shape index (κ3) is 4.85. The summed E-state index contributed by atoms with van der Waals surface area (Å²) < 4.78 is 13.0. The lowest BCUT2D eigenvalue weighted by Gasteiger charge is -2.17. The van der Waals surface area contributed by atoms with E-state index in [1.165, 1.54) is 5.69 Å². The van der Waals surface area contributed by atoms with Crippen LogP contribution in [0.5, 0.6) is 0 Å². The van der Waals surface area contributed by atoms with Crippen LogP contribution in [0.3, 0.4) is 0 Å². The average Bonchev–Trinajstić information content (AvgIpc) is 2.77. The molecule has 0 spiro atoms. The number of rotatable bonds is 9. The number of imidazole rings is 1. The van der Waals surface area contributed by atoms with Gasteiger partial charge in [0.05, 0.1) is 12.0 Å². The lowest BCUT2D eigenvalue weighted by molar-refractivity contribution is -0.133. The van der Waals surface area contributed by atoms with Gasteiger partial charge in [0.2, 0.25) is 0 Å². The van der Waals surface area contributed by atoms with E-state index >= 15 is 0 Å². The fraction of sp³-hybridized carbons (Fsp3) is 0.750. The molecule has 17 heavy (non-hydrogen) atoms. The largest absolute Gasteiger partial charge is 0.352 e. The van der Waals surface area contributed by atoms with E-state index in [1.54, 1.807) is 0 Å². The molecule has 5 nitrogen and oxygen atoms in total. The van der Waals surface area contributed by atoms with Gasteiger partial charge in [-0.3, -0.25) is 0 Å². The lowest BCUT2D eigenvalue weighted by atomic mass is 10.4. The highest BCUT2D eigenvalue weighted by Crippen LogP contribution is 1.99. The highest BCUT2D eigenvalue weighted by Gasteiger charge is 2.07. The molecule has 1 N–H and O–H groups in total. The van der Waals surface area contributed by atoms with E-state index in [0.717, 1.165) is 13.1 Å². The number of nitrogens with zero attached hydrogens (tertiary/aromatic N) is 2. The van der Waals surface area contributed by atoms with Gasteiger partial charge >= 0.3 is 0 Å². The quantitative estimate of drug-likeness (QED) is 0.664. The van der Waals surface area contributed by atoms with Gasteiger partial charge in [0.25, 0.3) is 0 Å². The number of nitrogens with one attached hydrogen (secondary N) is 1. The molecule has 0 aliphatic carbocycles. The summed E-state index contributed by atoms with van der Waals surface area (Å²) in [5.74, 6) is 0. The minimum absolute atomic E-state index is 0.164. The molecule has 5 heteroatoms. The Labute approximate surface area is 103 Å². The van der Waals surface area contributed by atoms with Gasteiger partial charge in [-0.2, -0.15) is 0 Å². The summed E-state index contributed by atoms with van der Waals surface area (Å²) in [6.07, 6.45) is 3.56. The van der Waals surface area contributed by atoms with Crippen molar-refractivity contribution in [3.63, 3.8) is 0 Å². The van der Waals surface area contributed by atoms with Gasteiger partial charge in [-0.05, 0) is 20.8 Å². The van der Waals surface area contributed by atoms with Crippen LogP contribution in [-0.4, -0.2) is 35.6 Å². The summed E-state index contributed by atoms with van der Waals surface area (Å²) in [5.41, 5.74) is 1.18. The van der Waals surface area contributed by atoms with E-state index < -0.39 is 0 Å². The maximum Gasteiger partial charge on any atom is 0.169 e. The number of ether oxygens (including phenoxy) is 2. The molecular weight excluding hydrogens is 218 g/mol. The maximum atomic E-state index is 5.45. The molecule has 0 aliphatic heterocycles. The molecule has 0 atom stereocenters. The molecular formula is C12H23N3O2. The molecule has 1 rings (SSSR count). The second kappa shape index (κ2) is 8.22. The van der Waals surface area contributed by atoms with Gasteiger partial charge in [0.1, 0.15) is 0 Å². The molecule has 0 radical (unpaired) electrons. The number of aryl methyl sites for hydroxylation is 1. The Morgan fingerprint density at radius 1 is 1.29 bits per heavy atom. The van der Waals surface area contributed by atoms with E-state index in [2.05, 4.69) is 21.8 Å². The summed E-state index contributed by atoms with van der Waals surface area (Å²) in [6, 6.07) is 0. The standard InChI is InChI=1S/C12H23N3O2/c1-4-15-10-14-8-11(15)7-13-9-12(16-5-2)17-6-3/h8,10,12-13H,4-7,9H2,1-3H3. The molecule has 0 saturated carbocycles. The molecule has 0 unspecified atom stereocenters. The van der Waals surface area contributed by atoms with E-state index in [1.807, 2.05) is 26.4 Å². The summed E-state index contributed by atoms with van der Waals surface area (Å²) >= 11 is 0. The Morgan fingerprint density at radius 2 is 2.00 bits per heavy atom. The van der Waals surface area contributed by atoms with Crippen molar-refractivity contribution in [2.45, 2.75) is 40.2 Å². The van der Waals surface area contributed by atoms with Crippen molar-refractivity contribution in [1.82, 2.24) is 14.9 Å². The fourth-order valence-corrected chi connectivity index (χ4v) is 1.64. The minimum Gasteiger partial charge on any atom is -0.352 e. The molecule has 0 saturated heterocycles. The van der Waals surface area contributed by atoms with E-state index in [-0.39, 0.29) is 6.29 Å². The van der Waals surface area contributed by atoms with Crippen molar-refractivity contribution >= 4 is 0 Å². The summed E-state index contributed by atoms with van der Waals surface area (Å²) in [7, 11) is 0. The van der Waals surface area contributed by atoms with Crippen LogP contribution in [0, 0.1) is 0 Å². The smallest absolute Gasteiger partial charge is 0.169 e. The second-order valence-electron chi connectivity index (χ2n) is 3.64. The van der Waals surface area contributed by atoms with Gasteiger partial charge in [0.15, 0.2) is 6.29 Å². The number of aromatic nitrogens is 2. The highest BCUT2D eigenvalue weighted by molar-refractivity contribution is 4.97. The maximum absolute atomic E-state index is 5.45. The zero-order valence-corrected chi connectivity index (χ0v) is 11.0. The first kappa shape index (κ1) is 14.2. The molecule has 1 aromatic rings. The first-order valence-electron chi connectivity index (χ1n) is 6.24. The van der Waals surface area contributed by atoms with Crippen LogP contribution in [0.2, 0.25) is 0 Å². The Kier molecular flexibility index (Phi) is 6.84. The summed E-state index contributed by atoms with van der Waals surface area (Å²) in [5, 5.41) is 3.32. The van der Waals surface area contributed by atoms with Crippen LogP contribution in [0.1, 0.15) is 26.5 Å². The van der Waals surface area contributed by atoms with Crippen LogP contribution in [0.15, 0.2) is 12.5 Å². The fourth-order valence-electron chi connectivity index (χ4n) is 1.64. The summed E-state index contributed by atoms with van der Waals surface area (Å²) in [6.45, 7) is 9.79. The second-order valence-corrected chi connectivity index (χ2v) is 3.64. The van der Waals surface area contributed by atoms with Gasteiger partial charge in [-0.25, -0.2) is 4.98 Å². The van der Waals surface area contributed by atoms with Gasteiger partial charge in [-0.1, -0.05) is 0 Å². The summed E-state index contributed by atoms with van der Waals surface area (Å²) in [4.78, 5) is 4.12. The van der Waals surface area contributed by atoms with Gasteiger partial charge < -0.3 is 19.4 Å². The molecule has 0 amide bonds. The topological polar surface area (TPSA) is 48.3 Å². The molecule has 0 aromatic carbocycles. The van der Waals surface area contributed by atoms with Gasteiger partial charge in [-0.15, -0.1) is 0 Å². The van der Waals surface area contributed by atoms with Crippen molar-refractivity contribution in [1.29, 1.82) is 0 Å². The van der Waals surface area contributed by atoms with E-state index in [0.29, 0.717) is 19.8 Å². The SMILES string of the molecule is CCOC(CNCc1cncn1CC)OCC. The van der Waals surface area contributed by atoms with Crippen LogP contribution in [0.4, 0.5) is 0 Å². The number of hydrogen-bond acceptors (Lipinski definition) is 4. The monoisotopic (exact) mass is 241 g/mol. The Balaban J connectivity index is 2.30. The molecule has 0 bridgehead atoms. The van der Waals surface area contributed by atoms with Crippen molar-refractivity contribution in [3.05, 3.63) is 18.2 Å². The highest BCUT2D eigenvalue weighted by atomic mass is 16.7. The first-order chi connectivity index (χ1) is 8.31. The molecule has 98 valence electrons. The van der Waals surface area contributed by atoms with E-state index in [9.17, 15) is 0 Å². The Bertz CT molecular complexity index is 296.